The first kappa shape index (κ1) is 23.9. The molecule has 11 heteroatoms. The topological polar surface area (TPSA) is 146 Å². The van der Waals surface area contributed by atoms with Crippen molar-refractivity contribution in [3.05, 3.63) is 104 Å². The SMILES string of the molecule is COc1cc(C=NNC(=O)Cc2ccccc2[N+](=O)[O-])c([N+](=O)[O-])cc1OCc1ccccc1. The fraction of sp³-hybridized carbons (Fsp3) is 0.130. The summed E-state index contributed by atoms with van der Waals surface area (Å²) in [6, 6.07) is 17.7. The third-order valence-electron chi connectivity index (χ3n) is 4.68. The van der Waals surface area contributed by atoms with Crippen molar-refractivity contribution in [2.45, 2.75) is 13.0 Å². The maximum atomic E-state index is 12.2. The molecule has 11 nitrogen and oxygen atoms in total. The first-order valence-corrected chi connectivity index (χ1v) is 9.96. The lowest BCUT2D eigenvalue weighted by Gasteiger charge is -2.12. The van der Waals surface area contributed by atoms with Gasteiger partial charge in [-0.15, -0.1) is 0 Å². The maximum Gasteiger partial charge on any atom is 0.282 e. The number of carbonyl (C=O) groups excluding carboxylic acids is 1. The van der Waals surface area contributed by atoms with Crippen LogP contribution in [0.5, 0.6) is 11.5 Å². The first-order valence-electron chi connectivity index (χ1n) is 9.96. The molecule has 1 amide bonds. The summed E-state index contributed by atoms with van der Waals surface area (Å²) in [5.41, 5.74) is 2.89. The van der Waals surface area contributed by atoms with Gasteiger partial charge in [0.15, 0.2) is 11.5 Å². The van der Waals surface area contributed by atoms with Crippen LogP contribution in [0.3, 0.4) is 0 Å². The van der Waals surface area contributed by atoms with Crippen molar-refractivity contribution in [1.82, 2.24) is 5.43 Å². The third-order valence-corrected chi connectivity index (χ3v) is 4.68. The molecule has 0 heterocycles. The molecule has 3 rings (SSSR count). The molecule has 1 N–H and O–H groups in total. The zero-order valence-corrected chi connectivity index (χ0v) is 18.0. The first-order chi connectivity index (χ1) is 16.4. The monoisotopic (exact) mass is 464 g/mol. The van der Waals surface area contributed by atoms with Gasteiger partial charge in [0, 0.05) is 11.6 Å². The smallest absolute Gasteiger partial charge is 0.282 e. The van der Waals surface area contributed by atoms with Gasteiger partial charge in [0.1, 0.15) is 6.61 Å². The lowest BCUT2D eigenvalue weighted by Crippen LogP contribution is -2.20. The van der Waals surface area contributed by atoms with Gasteiger partial charge in [-0.25, -0.2) is 5.43 Å². The van der Waals surface area contributed by atoms with E-state index in [2.05, 4.69) is 10.5 Å². The Labute approximate surface area is 193 Å². The number of hydrogen-bond acceptors (Lipinski definition) is 8. The summed E-state index contributed by atoms with van der Waals surface area (Å²) in [6.07, 6.45) is 0.811. The highest BCUT2D eigenvalue weighted by Crippen LogP contribution is 2.34. The predicted molar refractivity (Wildman–Crippen MR) is 123 cm³/mol. The van der Waals surface area contributed by atoms with E-state index in [1.165, 1.54) is 37.4 Å². The summed E-state index contributed by atoms with van der Waals surface area (Å²) in [7, 11) is 1.39. The van der Waals surface area contributed by atoms with Crippen LogP contribution in [-0.2, 0) is 17.8 Å². The van der Waals surface area contributed by atoms with Crippen LogP contribution in [0.4, 0.5) is 11.4 Å². The second-order valence-electron chi connectivity index (χ2n) is 6.95. The molecule has 3 aromatic rings. The molecule has 0 aliphatic rings. The molecule has 0 aromatic heterocycles. The highest BCUT2D eigenvalue weighted by Gasteiger charge is 2.19. The molecule has 0 aliphatic heterocycles. The van der Waals surface area contributed by atoms with E-state index in [0.717, 1.165) is 11.8 Å². The Kier molecular flexibility index (Phi) is 7.84. The largest absolute Gasteiger partial charge is 0.493 e. The van der Waals surface area contributed by atoms with Crippen LogP contribution < -0.4 is 14.9 Å². The zero-order chi connectivity index (χ0) is 24.5. The van der Waals surface area contributed by atoms with Crippen LogP contribution in [0.15, 0.2) is 71.8 Å². The molecule has 0 saturated carbocycles. The maximum absolute atomic E-state index is 12.2. The Hall–Kier alpha value is -4.80. The van der Waals surface area contributed by atoms with E-state index in [0.29, 0.717) is 0 Å². The summed E-state index contributed by atoms with van der Waals surface area (Å²) in [5, 5.41) is 26.4. The van der Waals surface area contributed by atoms with Gasteiger partial charge in [-0.05, 0) is 11.6 Å². The molecule has 0 spiro atoms. The van der Waals surface area contributed by atoms with E-state index in [1.807, 2.05) is 30.3 Å². The van der Waals surface area contributed by atoms with Crippen molar-refractivity contribution in [2.24, 2.45) is 5.10 Å². The molecule has 3 aromatic carbocycles. The summed E-state index contributed by atoms with van der Waals surface area (Å²) in [4.78, 5) is 33.6. The van der Waals surface area contributed by atoms with Gasteiger partial charge in [0.05, 0.1) is 41.2 Å². The van der Waals surface area contributed by atoms with Crippen LogP contribution in [0.1, 0.15) is 16.7 Å². The van der Waals surface area contributed by atoms with E-state index in [9.17, 15) is 25.0 Å². The van der Waals surface area contributed by atoms with Gasteiger partial charge in [-0.1, -0.05) is 48.5 Å². The third kappa shape index (κ3) is 6.13. The van der Waals surface area contributed by atoms with Crippen LogP contribution in [-0.4, -0.2) is 29.1 Å². The number of nitrogens with one attached hydrogen (secondary N) is 1. The summed E-state index contributed by atoms with van der Waals surface area (Å²) in [6.45, 7) is 0.184. The lowest BCUT2D eigenvalue weighted by molar-refractivity contribution is -0.385. The number of hydrazone groups is 1. The van der Waals surface area contributed by atoms with Crippen LogP contribution in [0.25, 0.3) is 0 Å². The Bertz CT molecular complexity index is 1230. The molecule has 0 unspecified atom stereocenters. The average Bonchev–Trinajstić information content (AvgIpc) is 2.83. The molecule has 0 saturated heterocycles. The molecular weight excluding hydrogens is 444 g/mol. The van der Waals surface area contributed by atoms with Gasteiger partial charge in [-0.3, -0.25) is 25.0 Å². The van der Waals surface area contributed by atoms with E-state index in [4.69, 9.17) is 9.47 Å². The van der Waals surface area contributed by atoms with Gasteiger partial charge >= 0.3 is 0 Å². The van der Waals surface area contributed by atoms with Crippen molar-refractivity contribution >= 4 is 23.5 Å². The Morgan fingerprint density at radius 1 is 0.971 bits per heavy atom. The molecule has 0 fully saturated rings. The van der Waals surface area contributed by atoms with Gasteiger partial charge in [0.2, 0.25) is 5.91 Å². The van der Waals surface area contributed by atoms with Crippen LogP contribution in [0.2, 0.25) is 0 Å². The fourth-order valence-corrected chi connectivity index (χ4v) is 3.06. The number of para-hydroxylation sites is 1. The molecule has 0 bridgehead atoms. The summed E-state index contributed by atoms with van der Waals surface area (Å²) >= 11 is 0. The second kappa shape index (κ2) is 11.2. The number of nitrogens with zero attached hydrogens (tertiary/aromatic N) is 3. The Morgan fingerprint density at radius 3 is 2.32 bits per heavy atom. The summed E-state index contributed by atoms with van der Waals surface area (Å²) in [5.74, 6) is -0.201. The van der Waals surface area contributed by atoms with E-state index >= 15 is 0 Å². The number of benzene rings is 3. The molecule has 0 aliphatic carbocycles. The molecule has 174 valence electrons. The number of amides is 1. The van der Waals surface area contributed by atoms with E-state index in [-0.39, 0.29) is 47.0 Å². The quantitative estimate of drug-likeness (QED) is 0.273. The molecule has 0 radical (unpaired) electrons. The van der Waals surface area contributed by atoms with E-state index in [1.54, 1.807) is 6.07 Å². The lowest BCUT2D eigenvalue weighted by atomic mass is 10.1. The normalized spacial score (nSPS) is 10.6. The minimum Gasteiger partial charge on any atom is -0.493 e. The highest BCUT2D eigenvalue weighted by molar-refractivity contribution is 5.88. The van der Waals surface area contributed by atoms with Crippen molar-refractivity contribution in [3.63, 3.8) is 0 Å². The Morgan fingerprint density at radius 2 is 1.65 bits per heavy atom. The van der Waals surface area contributed by atoms with Gasteiger partial charge < -0.3 is 9.47 Å². The molecule has 0 atom stereocenters. The number of nitro groups is 2. The average molecular weight is 464 g/mol. The highest BCUT2D eigenvalue weighted by atomic mass is 16.6. The van der Waals surface area contributed by atoms with Crippen molar-refractivity contribution in [3.8, 4) is 11.5 Å². The second-order valence-corrected chi connectivity index (χ2v) is 6.95. The molecular formula is C23H20N4O7. The number of nitro benzene ring substituents is 2. The minimum atomic E-state index is -0.622. The number of methoxy groups -OCH3 is 1. The van der Waals surface area contributed by atoms with E-state index < -0.39 is 15.8 Å². The van der Waals surface area contributed by atoms with Crippen molar-refractivity contribution in [2.75, 3.05) is 7.11 Å². The van der Waals surface area contributed by atoms with Crippen LogP contribution in [0, 0.1) is 20.2 Å². The standard InChI is InChI=1S/C23H20N4O7/c1-33-21-11-18(14-24-25-23(28)12-17-9-5-6-10-19(17)26(29)30)20(27(31)32)13-22(21)34-15-16-7-3-2-4-8-16/h2-11,13-14H,12,15H2,1H3,(H,25,28). The Balaban J connectivity index is 1.75. The van der Waals surface area contributed by atoms with Crippen molar-refractivity contribution in [1.29, 1.82) is 0 Å². The van der Waals surface area contributed by atoms with Gasteiger partial charge in [0.25, 0.3) is 11.4 Å². The van der Waals surface area contributed by atoms with Crippen LogP contribution >= 0.6 is 0 Å². The zero-order valence-electron chi connectivity index (χ0n) is 18.0. The fourth-order valence-electron chi connectivity index (χ4n) is 3.06. The number of hydrogen-bond donors (Lipinski definition) is 1. The van der Waals surface area contributed by atoms with Crippen molar-refractivity contribution < 1.29 is 24.1 Å². The number of rotatable bonds is 10. The minimum absolute atomic E-state index is 0.0694. The predicted octanol–water partition coefficient (Wildman–Crippen LogP) is 3.78. The number of carbonyl (C=O) groups is 1. The summed E-state index contributed by atoms with van der Waals surface area (Å²) < 4.78 is 11.0. The molecule has 34 heavy (non-hydrogen) atoms. The number of ether oxygens (including phenoxy) is 2. The van der Waals surface area contributed by atoms with Gasteiger partial charge in [-0.2, -0.15) is 5.10 Å².